The number of hydrogen-bond donors (Lipinski definition) is 3. The van der Waals surface area contributed by atoms with E-state index in [4.69, 9.17) is 20.9 Å². The van der Waals surface area contributed by atoms with E-state index in [1.54, 1.807) is 20.3 Å². The molecule has 0 radical (unpaired) electrons. The maximum absolute atomic E-state index is 13.2. The highest BCUT2D eigenvalue weighted by Gasteiger charge is 2.24. The SMILES string of the molecule is COc1ccc(-c2csc(NC(=O)c3sc4nc(N)c(C#N)c(-c5ccccc5)c4c3N)n2)cc1OC. The molecule has 0 spiro atoms. The lowest BCUT2D eigenvalue weighted by Gasteiger charge is -2.09. The predicted octanol–water partition coefficient (Wildman–Crippen LogP) is 5.39. The van der Waals surface area contributed by atoms with Gasteiger partial charge in [0, 0.05) is 21.9 Å². The van der Waals surface area contributed by atoms with Crippen LogP contribution in [0.1, 0.15) is 15.2 Å². The van der Waals surface area contributed by atoms with E-state index >= 15 is 0 Å². The first-order valence-corrected chi connectivity index (χ1v) is 12.6. The number of thiazole rings is 1. The van der Waals surface area contributed by atoms with Gasteiger partial charge in [-0.05, 0) is 23.8 Å². The maximum atomic E-state index is 13.2. The van der Waals surface area contributed by atoms with E-state index in [9.17, 15) is 10.1 Å². The van der Waals surface area contributed by atoms with Gasteiger partial charge >= 0.3 is 0 Å². The van der Waals surface area contributed by atoms with Crippen molar-refractivity contribution in [1.82, 2.24) is 9.97 Å². The number of nitrogens with zero attached hydrogens (tertiary/aromatic N) is 3. The average molecular weight is 529 g/mol. The number of nitrogen functional groups attached to an aromatic ring is 2. The number of nitrogens with one attached hydrogen (secondary N) is 1. The molecule has 0 atom stereocenters. The third-order valence-corrected chi connectivity index (χ3v) is 7.55. The van der Waals surface area contributed by atoms with Crippen LogP contribution >= 0.6 is 22.7 Å². The van der Waals surface area contributed by atoms with Crippen molar-refractivity contribution in [3.05, 3.63) is 64.4 Å². The van der Waals surface area contributed by atoms with Crippen LogP contribution in [0.15, 0.2) is 53.9 Å². The smallest absolute Gasteiger partial charge is 0.269 e. The molecule has 5 rings (SSSR count). The lowest BCUT2D eigenvalue weighted by Crippen LogP contribution is -2.11. The number of nitriles is 1. The standard InChI is InChI=1S/C26H20N6O3S2/c1-34-17-9-8-14(10-18(17)35-2)16-12-36-26(30-16)32-24(33)22-21(28)20-19(13-6-4-3-5-7-13)15(11-27)23(29)31-25(20)37-22/h3-10,12H,28H2,1-2H3,(H2,29,31)(H,30,32,33). The molecule has 0 unspecified atom stereocenters. The van der Waals surface area contributed by atoms with Crippen LogP contribution in [-0.4, -0.2) is 30.1 Å². The minimum Gasteiger partial charge on any atom is -0.493 e. The average Bonchev–Trinajstić information content (AvgIpc) is 3.52. The minimum atomic E-state index is -0.426. The summed E-state index contributed by atoms with van der Waals surface area (Å²) in [7, 11) is 3.14. The van der Waals surface area contributed by atoms with Crippen molar-refractivity contribution < 1.29 is 14.3 Å². The third-order valence-electron chi connectivity index (χ3n) is 5.69. The zero-order valence-electron chi connectivity index (χ0n) is 19.7. The number of anilines is 3. The molecule has 184 valence electrons. The Morgan fingerprint density at radius 1 is 1.03 bits per heavy atom. The highest BCUT2D eigenvalue weighted by atomic mass is 32.1. The number of amides is 1. The van der Waals surface area contributed by atoms with Crippen LogP contribution in [0.4, 0.5) is 16.6 Å². The molecule has 9 nitrogen and oxygen atoms in total. The summed E-state index contributed by atoms with van der Waals surface area (Å²) in [5.41, 5.74) is 15.8. The van der Waals surface area contributed by atoms with Gasteiger partial charge in [0.05, 0.1) is 25.6 Å². The van der Waals surface area contributed by atoms with Gasteiger partial charge in [-0.2, -0.15) is 5.26 Å². The molecule has 0 aliphatic rings. The third kappa shape index (κ3) is 4.29. The Balaban J connectivity index is 1.50. The van der Waals surface area contributed by atoms with E-state index in [1.165, 1.54) is 11.3 Å². The second-order valence-electron chi connectivity index (χ2n) is 7.81. The largest absolute Gasteiger partial charge is 0.493 e. The van der Waals surface area contributed by atoms with Gasteiger partial charge in [0.25, 0.3) is 5.91 Å². The van der Waals surface area contributed by atoms with Crippen LogP contribution in [0.3, 0.4) is 0 Å². The molecule has 1 amide bonds. The zero-order chi connectivity index (χ0) is 26.1. The molecule has 5 aromatic rings. The van der Waals surface area contributed by atoms with Gasteiger partial charge in [0.2, 0.25) is 0 Å². The van der Waals surface area contributed by atoms with Crippen LogP contribution in [0.5, 0.6) is 11.5 Å². The first kappa shape index (κ1) is 24.1. The van der Waals surface area contributed by atoms with E-state index in [1.807, 2.05) is 47.8 Å². The van der Waals surface area contributed by atoms with Crippen molar-refractivity contribution in [3.8, 4) is 40.0 Å². The van der Waals surface area contributed by atoms with Gasteiger partial charge in [-0.25, -0.2) is 9.97 Å². The van der Waals surface area contributed by atoms with Crippen LogP contribution in [0, 0.1) is 11.3 Å². The molecule has 0 aliphatic carbocycles. The summed E-state index contributed by atoms with van der Waals surface area (Å²) in [5.74, 6) is 0.847. The summed E-state index contributed by atoms with van der Waals surface area (Å²) in [6, 6.07) is 16.9. The summed E-state index contributed by atoms with van der Waals surface area (Å²) in [4.78, 5) is 22.9. The van der Waals surface area contributed by atoms with Crippen molar-refractivity contribution in [2.24, 2.45) is 0 Å². The number of carbonyl (C=O) groups excluding carboxylic acids is 1. The van der Waals surface area contributed by atoms with Crippen LogP contribution in [0.25, 0.3) is 32.6 Å². The number of ether oxygens (including phenoxy) is 2. The number of carbonyl (C=O) groups is 1. The second-order valence-corrected chi connectivity index (χ2v) is 9.67. The van der Waals surface area contributed by atoms with Gasteiger partial charge in [-0.15, -0.1) is 22.7 Å². The molecular weight excluding hydrogens is 508 g/mol. The summed E-state index contributed by atoms with van der Waals surface area (Å²) in [6.07, 6.45) is 0. The zero-order valence-corrected chi connectivity index (χ0v) is 21.4. The quantitative estimate of drug-likeness (QED) is 0.265. The number of pyridine rings is 1. The summed E-state index contributed by atoms with van der Waals surface area (Å²) in [6.45, 7) is 0. The molecular formula is C26H20N6O3S2. The van der Waals surface area contributed by atoms with E-state index in [0.29, 0.717) is 38.1 Å². The van der Waals surface area contributed by atoms with Crippen molar-refractivity contribution in [2.45, 2.75) is 0 Å². The Morgan fingerprint density at radius 2 is 1.78 bits per heavy atom. The Bertz CT molecular complexity index is 1690. The Kier molecular flexibility index (Phi) is 6.35. The lowest BCUT2D eigenvalue weighted by molar-refractivity contribution is 0.103. The number of hydrogen-bond acceptors (Lipinski definition) is 10. The number of rotatable bonds is 6. The van der Waals surface area contributed by atoms with Crippen LogP contribution in [-0.2, 0) is 0 Å². The molecule has 0 bridgehead atoms. The number of fused-ring (bicyclic) bond motifs is 1. The van der Waals surface area contributed by atoms with Crippen LogP contribution in [0.2, 0.25) is 0 Å². The number of methoxy groups -OCH3 is 2. The highest BCUT2D eigenvalue weighted by Crippen LogP contribution is 2.43. The van der Waals surface area contributed by atoms with Crippen molar-refractivity contribution in [3.63, 3.8) is 0 Å². The van der Waals surface area contributed by atoms with E-state index in [-0.39, 0.29) is 21.9 Å². The summed E-state index contributed by atoms with van der Waals surface area (Å²) in [5, 5.41) is 15.4. The Labute approximate surface area is 219 Å². The number of benzene rings is 2. The molecule has 0 saturated carbocycles. The molecule has 2 aromatic carbocycles. The number of nitrogens with two attached hydrogens (primary N) is 2. The fourth-order valence-electron chi connectivity index (χ4n) is 3.96. The minimum absolute atomic E-state index is 0.0848. The molecule has 3 aromatic heterocycles. The first-order chi connectivity index (χ1) is 17.9. The van der Waals surface area contributed by atoms with E-state index in [2.05, 4.69) is 21.4 Å². The van der Waals surface area contributed by atoms with Gasteiger partial charge in [0.15, 0.2) is 16.6 Å². The topological polar surface area (TPSA) is 149 Å². The first-order valence-electron chi connectivity index (χ1n) is 10.9. The lowest BCUT2D eigenvalue weighted by atomic mass is 9.97. The normalized spacial score (nSPS) is 10.7. The van der Waals surface area contributed by atoms with E-state index in [0.717, 1.165) is 22.5 Å². The molecule has 5 N–H and O–H groups in total. The molecule has 11 heteroatoms. The van der Waals surface area contributed by atoms with Crippen molar-refractivity contribution in [2.75, 3.05) is 31.0 Å². The van der Waals surface area contributed by atoms with Gasteiger partial charge in [0.1, 0.15) is 27.2 Å². The number of thiophene rings is 1. The second kappa shape index (κ2) is 9.77. The fourth-order valence-corrected chi connectivity index (χ4v) is 5.68. The van der Waals surface area contributed by atoms with Gasteiger partial charge in [-0.3, -0.25) is 10.1 Å². The van der Waals surface area contributed by atoms with Gasteiger partial charge in [-0.1, -0.05) is 30.3 Å². The molecule has 0 saturated heterocycles. The fraction of sp³-hybridized carbons (Fsp3) is 0.0769. The molecule has 0 aliphatic heterocycles. The summed E-state index contributed by atoms with van der Waals surface area (Å²) >= 11 is 2.40. The van der Waals surface area contributed by atoms with Crippen molar-refractivity contribution >= 4 is 55.4 Å². The van der Waals surface area contributed by atoms with Crippen molar-refractivity contribution in [1.29, 1.82) is 5.26 Å². The maximum Gasteiger partial charge on any atom is 0.269 e. The number of aromatic nitrogens is 2. The molecule has 0 fully saturated rings. The molecule has 3 heterocycles. The Hall–Kier alpha value is -4.66. The summed E-state index contributed by atoms with van der Waals surface area (Å²) < 4.78 is 10.7. The monoisotopic (exact) mass is 528 g/mol. The molecule has 37 heavy (non-hydrogen) atoms. The highest BCUT2D eigenvalue weighted by molar-refractivity contribution is 7.21. The van der Waals surface area contributed by atoms with E-state index < -0.39 is 5.91 Å². The van der Waals surface area contributed by atoms with Gasteiger partial charge < -0.3 is 20.9 Å². The Morgan fingerprint density at radius 3 is 2.49 bits per heavy atom. The van der Waals surface area contributed by atoms with Crippen LogP contribution < -0.4 is 26.3 Å². The predicted molar refractivity (Wildman–Crippen MR) is 147 cm³/mol.